The van der Waals surface area contributed by atoms with Crippen molar-refractivity contribution in [2.75, 3.05) is 0 Å². The van der Waals surface area contributed by atoms with Crippen LogP contribution in [-0.2, 0) is 10.1 Å². The zero-order chi connectivity index (χ0) is 19.7. The molecule has 4 nitrogen and oxygen atoms in total. The zero-order valence-electron chi connectivity index (χ0n) is 17.3. The molecule has 0 heterocycles. The largest absolute Gasteiger partial charge is 0.393 e. The van der Waals surface area contributed by atoms with Crippen LogP contribution in [0.1, 0.15) is 123 Å². The van der Waals surface area contributed by atoms with Gasteiger partial charge in [-0.1, -0.05) is 97.3 Å². The Morgan fingerprint density at radius 2 is 1.00 bits per heavy atom. The van der Waals surface area contributed by atoms with Crippen molar-refractivity contribution >= 4 is 10.1 Å². The molecule has 0 aromatic heterocycles. The van der Waals surface area contributed by atoms with Crippen LogP contribution in [0.2, 0.25) is 0 Å². The van der Waals surface area contributed by atoms with Crippen molar-refractivity contribution < 1.29 is 18.1 Å². The summed E-state index contributed by atoms with van der Waals surface area (Å²) in [5, 5.41) is 9.40. The number of hydrogen-bond acceptors (Lipinski definition) is 3. The highest BCUT2D eigenvalue weighted by Gasteiger charge is 2.21. The number of aliphatic hydroxyl groups excluding tert-OH is 1. The van der Waals surface area contributed by atoms with Crippen LogP contribution in [0.25, 0.3) is 0 Å². The smallest absolute Gasteiger partial charge is 0.267 e. The van der Waals surface area contributed by atoms with E-state index in [9.17, 15) is 18.1 Å². The molecule has 0 aliphatic heterocycles. The van der Waals surface area contributed by atoms with E-state index in [0.717, 1.165) is 70.6 Å². The number of unbranched alkanes of at least 4 members (excludes halogenated alkanes) is 10. The van der Waals surface area contributed by atoms with E-state index in [1.165, 1.54) is 25.7 Å². The van der Waals surface area contributed by atoms with Gasteiger partial charge in [-0.05, 0) is 25.7 Å². The van der Waals surface area contributed by atoms with E-state index in [0.29, 0.717) is 12.8 Å². The van der Waals surface area contributed by atoms with Gasteiger partial charge >= 0.3 is 0 Å². The van der Waals surface area contributed by atoms with E-state index in [-0.39, 0.29) is 6.10 Å². The van der Waals surface area contributed by atoms with Crippen molar-refractivity contribution in [2.24, 2.45) is 0 Å². The van der Waals surface area contributed by atoms with Gasteiger partial charge in [0.05, 0.1) is 11.4 Å². The first kappa shape index (κ1) is 25.9. The zero-order valence-corrected chi connectivity index (χ0v) is 18.1. The highest BCUT2D eigenvalue weighted by atomic mass is 32.2. The molecular formula is C21H44O4S. The molecule has 0 aromatic carbocycles. The van der Waals surface area contributed by atoms with Gasteiger partial charge in [0, 0.05) is 0 Å². The van der Waals surface area contributed by atoms with E-state index in [1.54, 1.807) is 0 Å². The molecule has 0 amide bonds. The predicted molar refractivity (Wildman–Crippen MR) is 111 cm³/mol. The minimum absolute atomic E-state index is 0.134. The fourth-order valence-electron chi connectivity index (χ4n) is 3.46. The van der Waals surface area contributed by atoms with Crippen LogP contribution in [0.3, 0.4) is 0 Å². The van der Waals surface area contributed by atoms with Crippen LogP contribution in [0.4, 0.5) is 0 Å². The SMILES string of the molecule is CCCCCCCC(O)CCCCCCCCC(CCCC)S(=O)(=O)O. The Morgan fingerprint density at radius 1 is 0.615 bits per heavy atom. The van der Waals surface area contributed by atoms with Gasteiger partial charge in [0.15, 0.2) is 0 Å². The molecule has 2 atom stereocenters. The van der Waals surface area contributed by atoms with Gasteiger partial charge in [0.25, 0.3) is 10.1 Å². The Balaban J connectivity index is 3.54. The van der Waals surface area contributed by atoms with Gasteiger partial charge in [-0.3, -0.25) is 4.55 Å². The van der Waals surface area contributed by atoms with Crippen LogP contribution >= 0.6 is 0 Å². The third-order valence-electron chi connectivity index (χ3n) is 5.26. The molecule has 2 unspecified atom stereocenters. The molecule has 0 rings (SSSR count). The lowest BCUT2D eigenvalue weighted by molar-refractivity contribution is 0.147. The minimum Gasteiger partial charge on any atom is -0.393 e. The first-order chi connectivity index (χ1) is 12.4. The minimum atomic E-state index is -3.89. The Hall–Kier alpha value is -0.130. The summed E-state index contributed by atoms with van der Waals surface area (Å²) >= 11 is 0. The van der Waals surface area contributed by atoms with E-state index >= 15 is 0 Å². The van der Waals surface area contributed by atoms with E-state index < -0.39 is 15.4 Å². The molecule has 0 aliphatic carbocycles. The van der Waals surface area contributed by atoms with Crippen LogP contribution in [-0.4, -0.2) is 29.4 Å². The number of aliphatic hydroxyl groups is 1. The molecule has 0 saturated carbocycles. The van der Waals surface area contributed by atoms with E-state index in [2.05, 4.69) is 6.92 Å². The van der Waals surface area contributed by atoms with Crippen LogP contribution in [0.15, 0.2) is 0 Å². The summed E-state index contributed by atoms with van der Waals surface area (Å²) < 4.78 is 32.0. The topological polar surface area (TPSA) is 74.6 Å². The maximum absolute atomic E-state index is 11.4. The maximum atomic E-state index is 11.4. The fourth-order valence-corrected chi connectivity index (χ4v) is 4.39. The van der Waals surface area contributed by atoms with Gasteiger partial charge in [0.2, 0.25) is 0 Å². The van der Waals surface area contributed by atoms with Crippen molar-refractivity contribution in [3.8, 4) is 0 Å². The van der Waals surface area contributed by atoms with Crippen LogP contribution < -0.4 is 0 Å². The molecule has 26 heavy (non-hydrogen) atoms. The predicted octanol–water partition coefficient (Wildman–Crippen LogP) is 6.28. The average Bonchev–Trinajstić information content (AvgIpc) is 2.58. The summed E-state index contributed by atoms with van der Waals surface area (Å²) in [6.45, 7) is 4.25. The average molecular weight is 393 g/mol. The van der Waals surface area contributed by atoms with E-state index in [1.807, 2.05) is 6.92 Å². The monoisotopic (exact) mass is 392 g/mol. The van der Waals surface area contributed by atoms with E-state index in [4.69, 9.17) is 0 Å². The van der Waals surface area contributed by atoms with Gasteiger partial charge in [-0.2, -0.15) is 8.42 Å². The first-order valence-electron chi connectivity index (χ1n) is 11.1. The quantitative estimate of drug-likeness (QED) is 0.200. The summed E-state index contributed by atoms with van der Waals surface area (Å²) in [5.74, 6) is 0. The molecule has 0 aromatic rings. The Kier molecular flexibility index (Phi) is 16.9. The molecule has 0 spiro atoms. The second-order valence-corrected chi connectivity index (χ2v) is 9.53. The van der Waals surface area contributed by atoms with Crippen molar-refractivity contribution in [2.45, 2.75) is 134 Å². The third-order valence-corrected chi connectivity index (χ3v) is 6.57. The molecule has 158 valence electrons. The summed E-state index contributed by atoms with van der Waals surface area (Å²) in [7, 11) is -3.89. The normalized spacial score (nSPS) is 14.5. The third kappa shape index (κ3) is 16.1. The Morgan fingerprint density at radius 3 is 1.46 bits per heavy atom. The fraction of sp³-hybridized carbons (Fsp3) is 1.00. The summed E-state index contributed by atoms with van der Waals surface area (Å²) in [6, 6.07) is 0. The van der Waals surface area contributed by atoms with Crippen molar-refractivity contribution in [1.82, 2.24) is 0 Å². The van der Waals surface area contributed by atoms with Crippen molar-refractivity contribution in [3.05, 3.63) is 0 Å². The second kappa shape index (κ2) is 17.0. The van der Waals surface area contributed by atoms with Crippen LogP contribution in [0.5, 0.6) is 0 Å². The van der Waals surface area contributed by atoms with Gasteiger partial charge in [-0.25, -0.2) is 0 Å². The lowest BCUT2D eigenvalue weighted by Crippen LogP contribution is -2.20. The summed E-state index contributed by atoms with van der Waals surface area (Å²) in [5.41, 5.74) is 0. The molecular weight excluding hydrogens is 348 g/mol. The highest BCUT2D eigenvalue weighted by Crippen LogP contribution is 2.18. The molecule has 2 N–H and O–H groups in total. The Labute approximate surface area is 162 Å². The molecule has 0 radical (unpaired) electrons. The standard InChI is InChI=1S/C21H44O4S/c1-3-5-7-10-13-16-20(22)17-14-11-8-9-12-15-19-21(18-6-4-2)26(23,24)25/h20-22H,3-19H2,1-2H3,(H,23,24,25). The maximum Gasteiger partial charge on any atom is 0.267 e. The lowest BCUT2D eigenvalue weighted by atomic mass is 10.0. The molecule has 0 fully saturated rings. The molecule has 0 bridgehead atoms. The van der Waals surface area contributed by atoms with Gasteiger partial charge in [-0.15, -0.1) is 0 Å². The summed E-state index contributed by atoms with van der Waals surface area (Å²) in [6.07, 6.45) is 17.3. The molecule has 0 saturated heterocycles. The Bertz CT molecular complexity index is 395. The van der Waals surface area contributed by atoms with Crippen LogP contribution in [0, 0.1) is 0 Å². The molecule has 5 heteroatoms. The van der Waals surface area contributed by atoms with Gasteiger partial charge in [0.1, 0.15) is 0 Å². The van der Waals surface area contributed by atoms with Gasteiger partial charge < -0.3 is 5.11 Å². The number of rotatable bonds is 19. The van der Waals surface area contributed by atoms with Crippen molar-refractivity contribution in [1.29, 1.82) is 0 Å². The second-order valence-electron chi connectivity index (χ2n) is 7.83. The van der Waals surface area contributed by atoms with Crippen molar-refractivity contribution in [3.63, 3.8) is 0 Å². The lowest BCUT2D eigenvalue weighted by Gasteiger charge is -2.13. The first-order valence-corrected chi connectivity index (χ1v) is 12.6. The summed E-state index contributed by atoms with van der Waals surface area (Å²) in [4.78, 5) is 0. The highest BCUT2D eigenvalue weighted by molar-refractivity contribution is 7.86. The number of hydrogen-bond donors (Lipinski definition) is 2. The molecule has 0 aliphatic rings.